The highest BCUT2D eigenvalue weighted by Crippen LogP contribution is 2.14. The van der Waals surface area contributed by atoms with Crippen molar-refractivity contribution in [2.24, 2.45) is 0 Å². The van der Waals surface area contributed by atoms with Gasteiger partial charge in [0.25, 0.3) is 5.56 Å². The summed E-state index contributed by atoms with van der Waals surface area (Å²) in [5.74, 6) is 0.626. The van der Waals surface area contributed by atoms with Gasteiger partial charge in [-0.2, -0.15) is 0 Å². The van der Waals surface area contributed by atoms with Crippen LogP contribution in [0.15, 0.2) is 35.1 Å². The van der Waals surface area contributed by atoms with Gasteiger partial charge < -0.3 is 10.3 Å². The summed E-state index contributed by atoms with van der Waals surface area (Å²) >= 11 is 0. The molecule has 0 aliphatic rings. The van der Waals surface area contributed by atoms with Crippen molar-refractivity contribution in [2.75, 3.05) is 6.54 Å². The second kappa shape index (κ2) is 6.29. The van der Waals surface area contributed by atoms with Crippen LogP contribution in [-0.2, 0) is 6.54 Å². The second-order valence-electron chi connectivity index (χ2n) is 4.63. The number of hydrogen-bond acceptors (Lipinski definition) is 3. The Morgan fingerprint density at radius 1 is 1.26 bits per heavy atom. The molecular formula is C15H19N3O. The Morgan fingerprint density at radius 2 is 2.00 bits per heavy atom. The van der Waals surface area contributed by atoms with Crippen LogP contribution < -0.4 is 10.9 Å². The lowest BCUT2D eigenvalue weighted by atomic mass is 10.1. The fourth-order valence-electron chi connectivity index (χ4n) is 1.84. The van der Waals surface area contributed by atoms with Gasteiger partial charge in [-0.25, -0.2) is 4.98 Å². The van der Waals surface area contributed by atoms with Crippen molar-refractivity contribution in [3.8, 4) is 11.4 Å². The minimum absolute atomic E-state index is 0.112. The van der Waals surface area contributed by atoms with Crippen LogP contribution in [0.25, 0.3) is 11.4 Å². The molecule has 0 bridgehead atoms. The Bertz CT molecular complexity index is 587. The molecule has 100 valence electrons. The molecule has 0 atom stereocenters. The van der Waals surface area contributed by atoms with Gasteiger partial charge in [0.15, 0.2) is 0 Å². The van der Waals surface area contributed by atoms with E-state index < -0.39 is 0 Å². The third-order valence-corrected chi connectivity index (χ3v) is 2.85. The van der Waals surface area contributed by atoms with Crippen LogP contribution in [0.1, 0.15) is 24.6 Å². The Labute approximate surface area is 112 Å². The molecule has 0 fully saturated rings. The molecule has 0 spiro atoms. The highest BCUT2D eigenvalue weighted by molar-refractivity contribution is 5.55. The molecule has 1 aromatic heterocycles. The van der Waals surface area contributed by atoms with Gasteiger partial charge in [0, 0.05) is 18.2 Å². The van der Waals surface area contributed by atoms with Gasteiger partial charge in [-0.1, -0.05) is 36.8 Å². The van der Waals surface area contributed by atoms with E-state index in [1.807, 2.05) is 31.2 Å². The van der Waals surface area contributed by atoms with Crippen molar-refractivity contribution in [1.82, 2.24) is 15.3 Å². The fourth-order valence-corrected chi connectivity index (χ4v) is 1.84. The minimum atomic E-state index is -0.112. The van der Waals surface area contributed by atoms with Crippen molar-refractivity contribution >= 4 is 0 Å². The van der Waals surface area contributed by atoms with E-state index in [1.54, 1.807) is 6.07 Å². The van der Waals surface area contributed by atoms with Crippen molar-refractivity contribution in [3.63, 3.8) is 0 Å². The number of rotatable bonds is 5. The second-order valence-corrected chi connectivity index (χ2v) is 4.63. The number of aromatic amines is 1. The summed E-state index contributed by atoms with van der Waals surface area (Å²) in [7, 11) is 0. The monoisotopic (exact) mass is 257 g/mol. The van der Waals surface area contributed by atoms with Crippen LogP contribution in [0.4, 0.5) is 0 Å². The van der Waals surface area contributed by atoms with Gasteiger partial charge in [0.05, 0.1) is 5.69 Å². The summed E-state index contributed by atoms with van der Waals surface area (Å²) in [4.78, 5) is 18.9. The summed E-state index contributed by atoms with van der Waals surface area (Å²) in [6.45, 7) is 5.69. The highest BCUT2D eigenvalue weighted by atomic mass is 16.1. The maximum Gasteiger partial charge on any atom is 0.251 e. The third-order valence-electron chi connectivity index (χ3n) is 2.85. The predicted octanol–water partition coefficient (Wildman–Crippen LogP) is 2.24. The first-order valence-electron chi connectivity index (χ1n) is 6.57. The highest BCUT2D eigenvalue weighted by Gasteiger charge is 2.03. The summed E-state index contributed by atoms with van der Waals surface area (Å²) < 4.78 is 0. The van der Waals surface area contributed by atoms with Crippen molar-refractivity contribution in [1.29, 1.82) is 0 Å². The number of aryl methyl sites for hydroxylation is 1. The minimum Gasteiger partial charge on any atom is -0.311 e. The standard InChI is InChI=1S/C15H19N3O/c1-3-8-16-10-13-9-14(19)18-15(17-13)12-6-4-11(2)5-7-12/h4-7,9,16H,3,8,10H2,1-2H3,(H,17,18,19). The number of benzene rings is 1. The van der Waals surface area contributed by atoms with Gasteiger partial charge in [0.1, 0.15) is 5.82 Å². The Morgan fingerprint density at radius 3 is 2.68 bits per heavy atom. The van der Waals surface area contributed by atoms with Gasteiger partial charge in [0.2, 0.25) is 0 Å². The van der Waals surface area contributed by atoms with Gasteiger partial charge >= 0.3 is 0 Å². The molecule has 0 unspecified atom stereocenters. The lowest BCUT2D eigenvalue weighted by Gasteiger charge is -2.06. The van der Waals surface area contributed by atoms with E-state index in [-0.39, 0.29) is 5.56 Å². The first kappa shape index (κ1) is 13.5. The van der Waals surface area contributed by atoms with E-state index in [0.29, 0.717) is 12.4 Å². The lowest BCUT2D eigenvalue weighted by molar-refractivity contribution is 0.662. The smallest absolute Gasteiger partial charge is 0.251 e. The molecule has 0 aliphatic carbocycles. The quantitative estimate of drug-likeness (QED) is 0.808. The predicted molar refractivity (Wildman–Crippen MR) is 77.0 cm³/mol. The normalized spacial score (nSPS) is 10.6. The van der Waals surface area contributed by atoms with E-state index in [4.69, 9.17) is 0 Å². The van der Waals surface area contributed by atoms with Crippen molar-refractivity contribution in [2.45, 2.75) is 26.8 Å². The molecular weight excluding hydrogens is 238 g/mol. The van der Waals surface area contributed by atoms with Crippen LogP contribution in [0, 0.1) is 6.92 Å². The molecule has 2 rings (SSSR count). The molecule has 0 saturated heterocycles. The van der Waals surface area contributed by atoms with E-state index in [0.717, 1.165) is 24.2 Å². The average molecular weight is 257 g/mol. The summed E-state index contributed by atoms with van der Waals surface area (Å²) in [6, 6.07) is 9.50. The van der Waals surface area contributed by atoms with Gasteiger partial charge in [-0.3, -0.25) is 4.79 Å². The van der Waals surface area contributed by atoms with Gasteiger partial charge in [-0.05, 0) is 19.9 Å². The van der Waals surface area contributed by atoms with Crippen LogP contribution in [0.3, 0.4) is 0 Å². The number of hydrogen-bond donors (Lipinski definition) is 2. The van der Waals surface area contributed by atoms with Crippen LogP contribution in [0.5, 0.6) is 0 Å². The zero-order valence-electron chi connectivity index (χ0n) is 11.4. The van der Waals surface area contributed by atoms with E-state index in [9.17, 15) is 4.79 Å². The average Bonchev–Trinajstić information content (AvgIpc) is 2.39. The first-order chi connectivity index (χ1) is 9.19. The summed E-state index contributed by atoms with van der Waals surface area (Å²) in [5, 5.41) is 3.25. The molecule has 1 heterocycles. The molecule has 2 aromatic rings. The van der Waals surface area contributed by atoms with Crippen LogP contribution in [0.2, 0.25) is 0 Å². The fraction of sp³-hybridized carbons (Fsp3) is 0.333. The Hall–Kier alpha value is -1.94. The zero-order valence-corrected chi connectivity index (χ0v) is 11.4. The Kier molecular flexibility index (Phi) is 4.47. The SMILES string of the molecule is CCCNCc1cc(=O)[nH]c(-c2ccc(C)cc2)n1. The number of nitrogens with one attached hydrogen (secondary N) is 2. The molecule has 4 heteroatoms. The van der Waals surface area contributed by atoms with E-state index >= 15 is 0 Å². The van der Waals surface area contributed by atoms with E-state index in [2.05, 4.69) is 22.2 Å². The van der Waals surface area contributed by atoms with E-state index in [1.165, 1.54) is 5.56 Å². The summed E-state index contributed by atoms with van der Waals surface area (Å²) in [6.07, 6.45) is 1.06. The number of nitrogens with zero attached hydrogens (tertiary/aromatic N) is 1. The van der Waals surface area contributed by atoms with Gasteiger partial charge in [-0.15, -0.1) is 0 Å². The number of aromatic nitrogens is 2. The van der Waals surface area contributed by atoms with Crippen LogP contribution in [-0.4, -0.2) is 16.5 Å². The molecule has 4 nitrogen and oxygen atoms in total. The molecule has 1 aromatic carbocycles. The molecule has 0 aliphatic heterocycles. The molecule has 19 heavy (non-hydrogen) atoms. The first-order valence-corrected chi connectivity index (χ1v) is 6.57. The molecule has 0 radical (unpaired) electrons. The number of H-pyrrole nitrogens is 1. The van der Waals surface area contributed by atoms with Crippen molar-refractivity contribution in [3.05, 3.63) is 51.9 Å². The lowest BCUT2D eigenvalue weighted by Crippen LogP contribution is -2.18. The largest absolute Gasteiger partial charge is 0.311 e. The summed E-state index contributed by atoms with van der Waals surface area (Å²) in [5.41, 5.74) is 2.78. The Balaban J connectivity index is 2.25. The maximum absolute atomic E-state index is 11.7. The van der Waals surface area contributed by atoms with Crippen LogP contribution >= 0.6 is 0 Å². The zero-order chi connectivity index (χ0) is 13.7. The van der Waals surface area contributed by atoms with Crippen molar-refractivity contribution < 1.29 is 0 Å². The molecule has 2 N–H and O–H groups in total. The maximum atomic E-state index is 11.7. The molecule has 0 amide bonds. The molecule has 0 saturated carbocycles. The topological polar surface area (TPSA) is 57.8 Å². The third kappa shape index (κ3) is 3.76.